The maximum Gasteiger partial charge on any atom is 0.392 e. The molecule has 1 unspecified atom stereocenters. The second kappa shape index (κ2) is 9.56. The molecule has 0 aromatic heterocycles. The first kappa shape index (κ1) is 24.2. The number of carbonyl (C=O) groups is 3. The maximum atomic E-state index is 12.5. The number of ketones is 3. The van der Waals surface area contributed by atoms with E-state index in [0.717, 1.165) is 0 Å². The Balaban J connectivity index is 0.000000292. The smallest absolute Gasteiger partial charge is 0.392 e. The molecule has 4 nitrogen and oxygen atoms in total. The van der Waals surface area contributed by atoms with Crippen LogP contribution in [0, 0.1) is 17.8 Å². The van der Waals surface area contributed by atoms with Crippen molar-refractivity contribution in [3.63, 3.8) is 0 Å². The van der Waals surface area contributed by atoms with Gasteiger partial charge in [0, 0.05) is 31.8 Å². The molecular weight excluding hydrogens is 394 g/mol. The lowest BCUT2D eigenvalue weighted by atomic mass is 9.87. The summed E-state index contributed by atoms with van der Waals surface area (Å²) in [6.07, 6.45) is -9.62. The Morgan fingerprint density at radius 3 is 1.79 bits per heavy atom. The minimum atomic E-state index is -4.41. The molecule has 2 rings (SSSR count). The van der Waals surface area contributed by atoms with Gasteiger partial charge in [-0.15, -0.1) is 0 Å². The van der Waals surface area contributed by atoms with Crippen LogP contribution in [0.1, 0.15) is 46.0 Å². The summed E-state index contributed by atoms with van der Waals surface area (Å²) in [6, 6.07) is 0. The molecule has 1 atom stereocenters. The number of rotatable bonds is 3. The van der Waals surface area contributed by atoms with Crippen LogP contribution in [0.3, 0.4) is 0 Å². The molecule has 0 saturated heterocycles. The molecule has 10 heteroatoms. The number of hydrogen-bond donors (Lipinski definition) is 0. The van der Waals surface area contributed by atoms with Crippen LogP contribution >= 0.6 is 0 Å². The van der Waals surface area contributed by atoms with Crippen LogP contribution < -0.4 is 0 Å². The van der Waals surface area contributed by atoms with Gasteiger partial charge >= 0.3 is 12.4 Å². The van der Waals surface area contributed by atoms with Crippen molar-refractivity contribution in [2.24, 2.45) is 17.8 Å². The summed E-state index contributed by atoms with van der Waals surface area (Å²) in [6.45, 7) is 4.13. The predicted octanol–water partition coefficient (Wildman–Crippen LogP) is 4.57. The molecule has 0 amide bonds. The average Bonchev–Trinajstić information content (AvgIpc) is 2.50. The van der Waals surface area contributed by atoms with E-state index in [1.54, 1.807) is 0 Å². The quantitative estimate of drug-likeness (QED) is 0.500. The monoisotopic (exact) mass is 416 g/mol. The summed E-state index contributed by atoms with van der Waals surface area (Å²) < 4.78 is 78.5. The molecule has 1 saturated carbocycles. The number of allylic oxidation sites excluding steroid dienone is 2. The van der Waals surface area contributed by atoms with Gasteiger partial charge < -0.3 is 4.74 Å². The molecule has 0 spiro atoms. The number of halogens is 6. The van der Waals surface area contributed by atoms with Crippen molar-refractivity contribution in [1.29, 1.82) is 0 Å². The van der Waals surface area contributed by atoms with Gasteiger partial charge in [-0.05, 0) is 5.92 Å². The number of hydrogen-bond acceptors (Lipinski definition) is 4. The minimum Gasteiger partial charge on any atom is -0.498 e. The van der Waals surface area contributed by atoms with E-state index in [0.29, 0.717) is 6.61 Å². The molecular formula is C18H22F6O4. The summed E-state index contributed by atoms with van der Waals surface area (Å²) in [4.78, 5) is 32.3. The van der Waals surface area contributed by atoms with E-state index in [1.165, 1.54) is 6.08 Å². The average molecular weight is 416 g/mol. The van der Waals surface area contributed by atoms with Crippen molar-refractivity contribution >= 4 is 17.3 Å². The molecule has 0 bridgehead atoms. The highest BCUT2D eigenvalue weighted by atomic mass is 19.4. The third-order valence-electron chi connectivity index (χ3n) is 4.09. The number of carbonyl (C=O) groups excluding carboxylic acids is 3. The second-order valence-corrected chi connectivity index (χ2v) is 7.33. The highest BCUT2D eigenvalue weighted by Crippen LogP contribution is 2.37. The summed E-state index contributed by atoms with van der Waals surface area (Å²) >= 11 is 0. The second-order valence-electron chi connectivity index (χ2n) is 7.33. The van der Waals surface area contributed by atoms with Crippen molar-refractivity contribution in [3.8, 4) is 0 Å². The topological polar surface area (TPSA) is 60.4 Å². The lowest BCUT2D eigenvalue weighted by Gasteiger charge is -2.24. The van der Waals surface area contributed by atoms with Crippen molar-refractivity contribution in [3.05, 3.63) is 11.8 Å². The first-order valence-electron chi connectivity index (χ1n) is 8.71. The molecule has 1 fully saturated rings. The van der Waals surface area contributed by atoms with Crippen LogP contribution in [0.15, 0.2) is 11.8 Å². The number of ether oxygens (including phenoxy) is 1. The van der Waals surface area contributed by atoms with Crippen molar-refractivity contribution < 1.29 is 45.5 Å². The Hall–Kier alpha value is -1.87. The maximum absolute atomic E-state index is 12.5. The van der Waals surface area contributed by atoms with Crippen LogP contribution in [0.5, 0.6) is 0 Å². The lowest BCUT2D eigenvalue weighted by Crippen LogP contribution is -2.32. The van der Waals surface area contributed by atoms with Crippen molar-refractivity contribution in [2.75, 3.05) is 6.61 Å². The number of Topliss-reactive ketones (excluding diaryl/α,β-unsaturated/α-hetero) is 2. The van der Waals surface area contributed by atoms with Gasteiger partial charge in [0.15, 0.2) is 5.78 Å². The molecule has 0 aromatic rings. The fourth-order valence-electron chi connectivity index (χ4n) is 2.68. The molecule has 2 aliphatic carbocycles. The molecule has 160 valence electrons. The molecule has 0 heterocycles. The normalized spacial score (nSPS) is 22.0. The van der Waals surface area contributed by atoms with E-state index in [2.05, 4.69) is 0 Å². The van der Waals surface area contributed by atoms with Gasteiger partial charge in [-0.1, -0.05) is 13.8 Å². The Morgan fingerprint density at radius 2 is 1.36 bits per heavy atom. The Kier molecular flexibility index (Phi) is 8.25. The third-order valence-corrected chi connectivity index (χ3v) is 4.09. The summed E-state index contributed by atoms with van der Waals surface area (Å²) in [5.41, 5.74) is 0. The fraction of sp³-hybridized carbons (Fsp3) is 0.722. The molecule has 0 aromatic carbocycles. The first-order valence-corrected chi connectivity index (χ1v) is 8.71. The summed E-state index contributed by atoms with van der Waals surface area (Å²) in [5, 5.41) is 0. The van der Waals surface area contributed by atoms with Crippen LogP contribution in [-0.4, -0.2) is 36.3 Å². The van der Waals surface area contributed by atoms with Crippen LogP contribution in [0.4, 0.5) is 26.3 Å². The van der Waals surface area contributed by atoms with Crippen LogP contribution in [0.25, 0.3) is 0 Å². The standard InChI is InChI=1S/C11H15F3O2.C7H7F3O2/c1-7(2)6-16-10-4-8(11(12,13)14)3-9(15)5-10;8-7(9,10)4-1-5(11)3-6(12)2-4/h5,7-8H,3-4,6H2,1-2H3;4H,1-3H2. The van der Waals surface area contributed by atoms with E-state index >= 15 is 0 Å². The predicted molar refractivity (Wildman–Crippen MR) is 86.1 cm³/mol. The van der Waals surface area contributed by atoms with E-state index < -0.39 is 60.8 Å². The zero-order valence-electron chi connectivity index (χ0n) is 15.5. The van der Waals surface area contributed by atoms with Gasteiger partial charge in [-0.2, -0.15) is 26.3 Å². The Bertz CT molecular complexity index is 603. The van der Waals surface area contributed by atoms with E-state index in [9.17, 15) is 40.7 Å². The van der Waals surface area contributed by atoms with Crippen LogP contribution in [0.2, 0.25) is 0 Å². The third kappa shape index (κ3) is 8.43. The Labute approximate surface area is 158 Å². The molecule has 0 aliphatic heterocycles. The number of alkyl halides is 6. The van der Waals surface area contributed by atoms with E-state index in [4.69, 9.17) is 4.74 Å². The van der Waals surface area contributed by atoms with Crippen molar-refractivity contribution in [2.45, 2.75) is 58.3 Å². The molecule has 0 radical (unpaired) electrons. The molecule has 2 aliphatic rings. The summed E-state index contributed by atoms with van der Waals surface area (Å²) in [7, 11) is 0. The molecule has 28 heavy (non-hydrogen) atoms. The van der Waals surface area contributed by atoms with Crippen molar-refractivity contribution in [1.82, 2.24) is 0 Å². The lowest BCUT2D eigenvalue weighted by molar-refractivity contribution is -0.185. The molecule has 0 N–H and O–H groups in total. The van der Waals surface area contributed by atoms with Gasteiger partial charge in [0.1, 0.15) is 17.3 Å². The van der Waals surface area contributed by atoms with Gasteiger partial charge in [-0.3, -0.25) is 14.4 Å². The van der Waals surface area contributed by atoms with Gasteiger partial charge in [-0.25, -0.2) is 0 Å². The van der Waals surface area contributed by atoms with Gasteiger partial charge in [0.05, 0.1) is 24.9 Å². The fourth-order valence-corrected chi connectivity index (χ4v) is 2.68. The minimum absolute atomic E-state index is 0.160. The largest absolute Gasteiger partial charge is 0.498 e. The van der Waals surface area contributed by atoms with E-state index in [1.807, 2.05) is 13.8 Å². The van der Waals surface area contributed by atoms with E-state index in [-0.39, 0.29) is 24.5 Å². The summed E-state index contributed by atoms with van der Waals surface area (Å²) in [5.74, 6) is -4.66. The first-order chi connectivity index (χ1) is 12.7. The van der Waals surface area contributed by atoms with Gasteiger partial charge in [0.2, 0.25) is 0 Å². The zero-order chi connectivity index (χ0) is 21.7. The highest BCUT2D eigenvalue weighted by Gasteiger charge is 2.44. The van der Waals surface area contributed by atoms with Crippen LogP contribution in [-0.2, 0) is 19.1 Å². The van der Waals surface area contributed by atoms with Gasteiger partial charge in [0.25, 0.3) is 0 Å². The zero-order valence-corrected chi connectivity index (χ0v) is 15.5. The Morgan fingerprint density at radius 1 is 0.893 bits per heavy atom. The highest BCUT2D eigenvalue weighted by molar-refractivity contribution is 6.01. The SMILES string of the molecule is CC(C)COC1=CC(=O)CC(C(F)(F)F)C1.O=C1CC(=O)CC(C(F)(F)F)C1.